The Morgan fingerprint density at radius 3 is 2.60 bits per heavy atom. The van der Waals surface area contributed by atoms with E-state index in [2.05, 4.69) is 10.3 Å². The Morgan fingerprint density at radius 2 is 1.80 bits per heavy atom. The van der Waals surface area contributed by atoms with Crippen LogP contribution in [0.2, 0.25) is 0 Å². The fourth-order valence-corrected chi connectivity index (χ4v) is 3.11. The molecule has 1 amide bonds. The number of carbonyl (C=O) groups excluding carboxylic acids is 1. The second kappa shape index (κ2) is 6.75. The van der Waals surface area contributed by atoms with Crippen molar-refractivity contribution in [2.75, 3.05) is 5.32 Å². The van der Waals surface area contributed by atoms with Gasteiger partial charge in [-0.25, -0.2) is 0 Å². The topological polar surface area (TPSA) is 51.2 Å². The summed E-state index contributed by atoms with van der Waals surface area (Å²) in [5.41, 5.74) is 1.54. The molecule has 2 heterocycles. The molecule has 1 N–H and O–H groups in total. The summed E-state index contributed by atoms with van der Waals surface area (Å²) in [4.78, 5) is 17.1. The SMILES string of the molecule is O=C(Nc1ccc(Oc2cccc3cccnc23)cc1)c1cccs1. The molecule has 2 aromatic carbocycles. The van der Waals surface area contributed by atoms with E-state index in [1.165, 1.54) is 11.3 Å². The predicted octanol–water partition coefficient (Wildman–Crippen LogP) is 5.34. The van der Waals surface area contributed by atoms with Crippen molar-refractivity contribution in [2.24, 2.45) is 0 Å². The number of fused-ring (bicyclic) bond motifs is 1. The number of aromatic nitrogens is 1. The number of hydrogen-bond acceptors (Lipinski definition) is 4. The molecule has 122 valence electrons. The van der Waals surface area contributed by atoms with E-state index in [4.69, 9.17) is 4.74 Å². The van der Waals surface area contributed by atoms with Gasteiger partial charge < -0.3 is 10.1 Å². The summed E-state index contributed by atoms with van der Waals surface area (Å²) in [5.74, 6) is 1.28. The molecule has 4 aromatic rings. The van der Waals surface area contributed by atoms with E-state index >= 15 is 0 Å². The van der Waals surface area contributed by atoms with Crippen LogP contribution < -0.4 is 10.1 Å². The lowest BCUT2D eigenvalue weighted by molar-refractivity contribution is 0.103. The van der Waals surface area contributed by atoms with Crippen molar-refractivity contribution in [3.8, 4) is 11.5 Å². The van der Waals surface area contributed by atoms with Crippen LogP contribution in [0.15, 0.2) is 78.3 Å². The van der Waals surface area contributed by atoms with E-state index in [-0.39, 0.29) is 5.91 Å². The first kappa shape index (κ1) is 15.4. The molecular formula is C20H14N2O2S. The van der Waals surface area contributed by atoms with Crippen LogP contribution in [0.25, 0.3) is 10.9 Å². The summed E-state index contributed by atoms with van der Waals surface area (Å²) in [5, 5.41) is 5.78. The second-order valence-electron chi connectivity index (χ2n) is 5.39. The van der Waals surface area contributed by atoms with Gasteiger partial charge in [0.05, 0.1) is 4.88 Å². The summed E-state index contributed by atoms with van der Waals surface area (Å²) in [6.45, 7) is 0. The Hall–Kier alpha value is -3.18. The van der Waals surface area contributed by atoms with Gasteiger partial charge in [0.25, 0.3) is 5.91 Å². The zero-order chi connectivity index (χ0) is 17.1. The number of nitrogens with one attached hydrogen (secondary N) is 1. The first-order valence-electron chi connectivity index (χ1n) is 7.76. The summed E-state index contributed by atoms with van der Waals surface area (Å²) in [6.07, 6.45) is 1.75. The Bertz CT molecular complexity index is 1010. The molecule has 0 saturated carbocycles. The van der Waals surface area contributed by atoms with Gasteiger partial charge in [0.1, 0.15) is 11.3 Å². The normalized spacial score (nSPS) is 10.6. The van der Waals surface area contributed by atoms with Crippen molar-refractivity contribution >= 4 is 33.8 Å². The van der Waals surface area contributed by atoms with Gasteiger partial charge in [-0.3, -0.25) is 9.78 Å². The predicted molar refractivity (Wildman–Crippen MR) is 101 cm³/mol. The molecule has 0 saturated heterocycles. The molecule has 4 rings (SSSR count). The van der Waals surface area contributed by atoms with Crippen LogP contribution in [0.3, 0.4) is 0 Å². The van der Waals surface area contributed by atoms with Gasteiger partial charge >= 0.3 is 0 Å². The maximum Gasteiger partial charge on any atom is 0.265 e. The quantitative estimate of drug-likeness (QED) is 0.542. The molecule has 0 aliphatic rings. The summed E-state index contributed by atoms with van der Waals surface area (Å²) >= 11 is 1.41. The standard InChI is InChI=1S/C20H14N2O2S/c23-20(18-7-3-13-25-18)22-15-8-10-16(11-9-15)24-17-6-1-4-14-5-2-12-21-19(14)17/h1-13H,(H,22,23). The summed E-state index contributed by atoms with van der Waals surface area (Å²) in [7, 11) is 0. The number of hydrogen-bond donors (Lipinski definition) is 1. The Kier molecular flexibility index (Phi) is 4.14. The van der Waals surface area contributed by atoms with Gasteiger partial charge in [0.15, 0.2) is 5.75 Å². The number of para-hydroxylation sites is 1. The highest BCUT2D eigenvalue weighted by molar-refractivity contribution is 7.12. The van der Waals surface area contributed by atoms with Gasteiger partial charge in [-0.15, -0.1) is 11.3 Å². The summed E-state index contributed by atoms with van der Waals surface area (Å²) < 4.78 is 5.95. The smallest absolute Gasteiger partial charge is 0.265 e. The number of nitrogens with zero attached hydrogens (tertiary/aromatic N) is 1. The first-order valence-corrected chi connectivity index (χ1v) is 8.64. The monoisotopic (exact) mass is 346 g/mol. The van der Waals surface area contributed by atoms with Crippen LogP contribution in [0.5, 0.6) is 11.5 Å². The highest BCUT2D eigenvalue weighted by atomic mass is 32.1. The lowest BCUT2D eigenvalue weighted by Gasteiger charge is -2.09. The average Bonchev–Trinajstić information content (AvgIpc) is 3.19. The van der Waals surface area contributed by atoms with Gasteiger partial charge in [-0.2, -0.15) is 0 Å². The molecule has 0 aliphatic carbocycles. The minimum absolute atomic E-state index is 0.109. The van der Waals surface area contributed by atoms with E-state index in [0.717, 1.165) is 16.6 Å². The number of thiophene rings is 1. The third-order valence-electron chi connectivity index (χ3n) is 3.68. The molecule has 0 bridgehead atoms. The van der Waals surface area contributed by atoms with Crippen LogP contribution in [0, 0.1) is 0 Å². The Labute approximate surface area is 148 Å². The molecular weight excluding hydrogens is 332 g/mol. The lowest BCUT2D eigenvalue weighted by atomic mass is 10.2. The molecule has 5 heteroatoms. The molecule has 0 spiro atoms. The van der Waals surface area contributed by atoms with Crippen LogP contribution >= 0.6 is 11.3 Å². The maximum atomic E-state index is 12.1. The van der Waals surface area contributed by atoms with Gasteiger partial charge in [0, 0.05) is 17.3 Å². The van der Waals surface area contributed by atoms with Crippen LogP contribution in [-0.4, -0.2) is 10.9 Å². The third-order valence-corrected chi connectivity index (χ3v) is 4.55. The average molecular weight is 346 g/mol. The number of amides is 1. The van der Waals surface area contributed by atoms with E-state index in [0.29, 0.717) is 16.4 Å². The molecule has 0 atom stereocenters. The fourth-order valence-electron chi connectivity index (χ4n) is 2.49. The van der Waals surface area contributed by atoms with Crippen molar-refractivity contribution in [1.29, 1.82) is 0 Å². The minimum Gasteiger partial charge on any atom is -0.455 e. The second-order valence-corrected chi connectivity index (χ2v) is 6.34. The van der Waals surface area contributed by atoms with Crippen molar-refractivity contribution < 1.29 is 9.53 Å². The Morgan fingerprint density at radius 1 is 0.960 bits per heavy atom. The number of rotatable bonds is 4. The van der Waals surface area contributed by atoms with Crippen molar-refractivity contribution in [3.63, 3.8) is 0 Å². The largest absolute Gasteiger partial charge is 0.455 e. The molecule has 0 radical (unpaired) electrons. The van der Waals surface area contributed by atoms with Gasteiger partial charge in [-0.1, -0.05) is 24.3 Å². The molecule has 0 aliphatic heterocycles. The molecule has 0 fully saturated rings. The third kappa shape index (κ3) is 3.36. The number of pyridine rings is 1. The van der Waals surface area contributed by atoms with Gasteiger partial charge in [0.2, 0.25) is 0 Å². The first-order chi connectivity index (χ1) is 12.3. The lowest BCUT2D eigenvalue weighted by Crippen LogP contribution is -2.09. The Balaban J connectivity index is 1.51. The molecule has 25 heavy (non-hydrogen) atoms. The molecule has 2 aromatic heterocycles. The van der Waals surface area contributed by atoms with E-state index in [9.17, 15) is 4.79 Å². The highest BCUT2D eigenvalue weighted by Gasteiger charge is 2.08. The minimum atomic E-state index is -0.109. The number of ether oxygens (including phenoxy) is 1. The fraction of sp³-hybridized carbons (Fsp3) is 0. The van der Waals surface area contributed by atoms with Crippen molar-refractivity contribution in [1.82, 2.24) is 4.98 Å². The van der Waals surface area contributed by atoms with E-state index in [1.54, 1.807) is 12.3 Å². The maximum absolute atomic E-state index is 12.1. The number of carbonyl (C=O) groups is 1. The van der Waals surface area contributed by atoms with Crippen LogP contribution in [0.1, 0.15) is 9.67 Å². The highest BCUT2D eigenvalue weighted by Crippen LogP contribution is 2.29. The van der Waals surface area contributed by atoms with Gasteiger partial charge in [-0.05, 0) is 47.8 Å². The van der Waals surface area contributed by atoms with Crippen LogP contribution in [0.4, 0.5) is 5.69 Å². The summed E-state index contributed by atoms with van der Waals surface area (Å²) in [6, 6.07) is 20.7. The number of benzene rings is 2. The van der Waals surface area contributed by atoms with E-state index in [1.807, 2.05) is 66.0 Å². The van der Waals surface area contributed by atoms with Crippen molar-refractivity contribution in [3.05, 3.63) is 83.2 Å². The zero-order valence-corrected chi connectivity index (χ0v) is 14.0. The zero-order valence-electron chi connectivity index (χ0n) is 13.2. The molecule has 4 nitrogen and oxygen atoms in total. The number of anilines is 1. The molecule has 0 unspecified atom stereocenters. The van der Waals surface area contributed by atoms with E-state index < -0.39 is 0 Å². The van der Waals surface area contributed by atoms with Crippen molar-refractivity contribution in [2.45, 2.75) is 0 Å². The van der Waals surface area contributed by atoms with Crippen LogP contribution in [-0.2, 0) is 0 Å².